The van der Waals surface area contributed by atoms with Crippen LogP contribution in [-0.2, 0) is 0 Å². The van der Waals surface area contributed by atoms with Crippen molar-refractivity contribution < 1.29 is 0 Å². The normalized spacial score (nSPS) is 12.4. The van der Waals surface area contributed by atoms with E-state index in [9.17, 15) is 0 Å². The second kappa shape index (κ2) is 6.34. The molecule has 0 aliphatic rings. The molecular weight excluding hydrogens is 486 g/mol. The van der Waals surface area contributed by atoms with Gasteiger partial charge in [0.1, 0.15) is 0 Å². The maximum atomic E-state index is 3.79. The van der Waals surface area contributed by atoms with Gasteiger partial charge in [-0.05, 0) is 51.9 Å². The van der Waals surface area contributed by atoms with Crippen LogP contribution < -0.4 is 0 Å². The van der Waals surface area contributed by atoms with Crippen molar-refractivity contribution in [2.45, 2.75) is 0 Å². The van der Waals surface area contributed by atoms with Gasteiger partial charge in [-0.2, -0.15) is 0 Å². The lowest BCUT2D eigenvalue weighted by Crippen LogP contribution is -1.93. The van der Waals surface area contributed by atoms with Crippen LogP contribution in [0.2, 0.25) is 0 Å². The Morgan fingerprint density at radius 3 is 1.79 bits per heavy atom. The number of fused-ring (bicyclic) bond motifs is 6. The fourth-order valence-corrected chi connectivity index (χ4v) is 7.68. The van der Waals surface area contributed by atoms with Gasteiger partial charge in [0.25, 0.3) is 0 Å². The van der Waals surface area contributed by atoms with E-state index in [1.54, 1.807) is 0 Å². The van der Waals surface area contributed by atoms with Crippen molar-refractivity contribution in [3.8, 4) is 5.69 Å². The third-order valence-electron chi connectivity index (χ3n) is 7.02. The highest BCUT2D eigenvalue weighted by atomic mass is 79.9. The highest BCUT2D eigenvalue weighted by Crippen LogP contribution is 2.46. The molecule has 8 aromatic rings. The minimum Gasteiger partial charge on any atom is -0.308 e. The maximum absolute atomic E-state index is 3.79. The number of hydrogen-bond donors (Lipinski definition) is 0. The predicted octanol–water partition coefficient (Wildman–Crippen LogP) is 9.66. The van der Waals surface area contributed by atoms with Crippen LogP contribution in [0.5, 0.6) is 0 Å². The van der Waals surface area contributed by atoms with Gasteiger partial charge >= 0.3 is 0 Å². The average Bonchev–Trinajstić information content (AvgIpc) is 3.41. The summed E-state index contributed by atoms with van der Waals surface area (Å²) in [6, 6.07) is 35.5. The molecule has 0 saturated heterocycles. The van der Waals surface area contributed by atoms with Crippen LogP contribution in [0.15, 0.2) is 102 Å². The Morgan fingerprint density at radius 1 is 0.515 bits per heavy atom. The molecule has 2 heterocycles. The number of halogens is 1. The van der Waals surface area contributed by atoms with E-state index in [0.29, 0.717) is 0 Å². The Hall–Kier alpha value is -3.40. The van der Waals surface area contributed by atoms with E-state index in [0.717, 1.165) is 4.47 Å². The van der Waals surface area contributed by atoms with Crippen LogP contribution in [0.3, 0.4) is 0 Å². The van der Waals surface area contributed by atoms with Crippen LogP contribution in [0.1, 0.15) is 0 Å². The molecule has 0 N–H and O–H groups in total. The molecule has 0 aliphatic heterocycles. The summed E-state index contributed by atoms with van der Waals surface area (Å²) in [5, 5.41) is 10.6. The number of nitrogens with zero attached hydrogens (tertiary/aromatic N) is 1. The first kappa shape index (κ1) is 18.1. The van der Waals surface area contributed by atoms with E-state index in [4.69, 9.17) is 0 Å². The van der Waals surface area contributed by atoms with E-state index in [2.05, 4.69) is 118 Å². The molecule has 0 spiro atoms. The van der Waals surface area contributed by atoms with E-state index in [-0.39, 0.29) is 0 Å². The fourth-order valence-electron chi connectivity index (χ4n) is 5.74. The topological polar surface area (TPSA) is 4.93 Å². The molecule has 3 heteroatoms. The van der Waals surface area contributed by atoms with E-state index < -0.39 is 0 Å². The average molecular weight is 502 g/mol. The van der Waals surface area contributed by atoms with E-state index in [1.165, 1.54) is 69.2 Å². The summed E-state index contributed by atoms with van der Waals surface area (Å²) < 4.78 is 6.27. The summed E-state index contributed by atoms with van der Waals surface area (Å²) in [7, 11) is 0. The Kier molecular flexibility index (Phi) is 3.47. The van der Waals surface area contributed by atoms with Gasteiger partial charge in [0.2, 0.25) is 0 Å². The minimum atomic E-state index is 1.16. The molecule has 0 saturated carbocycles. The summed E-state index contributed by atoms with van der Waals surface area (Å²) in [5.41, 5.74) is 3.79. The van der Waals surface area contributed by atoms with Crippen molar-refractivity contribution in [1.82, 2.24) is 4.57 Å². The molecule has 0 fully saturated rings. The first-order chi connectivity index (χ1) is 16.3. The Morgan fingerprint density at radius 2 is 1.09 bits per heavy atom. The zero-order valence-corrected chi connectivity index (χ0v) is 19.9. The van der Waals surface area contributed by atoms with Gasteiger partial charge in [-0.25, -0.2) is 0 Å². The summed E-state index contributed by atoms with van der Waals surface area (Å²) in [6.45, 7) is 0. The van der Waals surface area contributed by atoms with E-state index in [1.807, 2.05) is 11.3 Å². The molecule has 0 unspecified atom stereocenters. The van der Waals surface area contributed by atoms with Gasteiger partial charge in [-0.15, -0.1) is 11.3 Å². The Balaban J connectivity index is 1.64. The van der Waals surface area contributed by atoms with Crippen LogP contribution in [0.25, 0.3) is 69.2 Å². The van der Waals surface area contributed by atoms with Gasteiger partial charge in [0, 0.05) is 30.7 Å². The summed E-state index contributed by atoms with van der Waals surface area (Å²) in [5.74, 6) is 0. The van der Waals surface area contributed by atoms with Crippen molar-refractivity contribution in [3.05, 3.63) is 102 Å². The van der Waals surface area contributed by atoms with Gasteiger partial charge in [0.15, 0.2) is 0 Å². The standard InChI is InChI=1S/C30H16BrNS/c31-22-12-6-16-26-27(22)21-11-5-15-25(30(21)33-26)32-23-13-3-9-19-17-7-1-2-8-18(17)20-10-4-14-24(32)29(20)28(19)23/h1-16H. The second-order valence-corrected chi connectivity index (χ2v) is 10.6. The Labute approximate surface area is 201 Å². The number of aromatic nitrogens is 1. The second-order valence-electron chi connectivity index (χ2n) is 8.65. The minimum absolute atomic E-state index is 1.16. The van der Waals surface area contributed by atoms with Gasteiger partial charge in [-0.3, -0.25) is 0 Å². The van der Waals surface area contributed by atoms with Gasteiger partial charge < -0.3 is 4.57 Å². The molecule has 0 amide bonds. The Bertz CT molecular complexity index is 1960. The fraction of sp³-hybridized carbons (Fsp3) is 0. The molecule has 0 radical (unpaired) electrons. The first-order valence-corrected chi connectivity index (χ1v) is 12.7. The van der Waals surface area contributed by atoms with E-state index >= 15 is 0 Å². The molecule has 8 rings (SSSR count). The van der Waals surface area contributed by atoms with Crippen LogP contribution in [0.4, 0.5) is 0 Å². The quantitative estimate of drug-likeness (QED) is 0.197. The van der Waals surface area contributed by atoms with Crippen molar-refractivity contribution >= 4 is 90.8 Å². The lowest BCUT2D eigenvalue weighted by molar-refractivity contribution is 1.20. The molecule has 0 aliphatic carbocycles. The van der Waals surface area contributed by atoms with Crippen LogP contribution in [-0.4, -0.2) is 4.57 Å². The summed E-state index contributed by atoms with van der Waals surface area (Å²) >= 11 is 5.67. The molecular formula is C30H16BrNS. The third-order valence-corrected chi connectivity index (χ3v) is 8.87. The van der Waals surface area contributed by atoms with Crippen molar-refractivity contribution in [2.75, 3.05) is 0 Å². The molecule has 0 bridgehead atoms. The number of benzene rings is 6. The number of thiophene rings is 1. The molecule has 33 heavy (non-hydrogen) atoms. The lowest BCUT2D eigenvalue weighted by atomic mass is 9.95. The highest BCUT2D eigenvalue weighted by Gasteiger charge is 2.21. The lowest BCUT2D eigenvalue weighted by Gasteiger charge is -2.09. The smallest absolute Gasteiger partial charge is 0.0640 e. The maximum Gasteiger partial charge on any atom is 0.0640 e. The molecule has 154 valence electrons. The summed E-state index contributed by atoms with van der Waals surface area (Å²) in [4.78, 5) is 0. The van der Waals surface area contributed by atoms with Crippen LogP contribution in [0, 0.1) is 0 Å². The first-order valence-electron chi connectivity index (χ1n) is 11.1. The number of rotatable bonds is 1. The SMILES string of the molecule is Brc1cccc2sc3c(-n4c5cccc6c7ccccc7c7cccc4c7c65)cccc3c12. The zero-order valence-electron chi connectivity index (χ0n) is 17.5. The summed E-state index contributed by atoms with van der Waals surface area (Å²) in [6.07, 6.45) is 0. The highest BCUT2D eigenvalue weighted by molar-refractivity contribution is 9.10. The predicted molar refractivity (Wildman–Crippen MR) is 148 cm³/mol. The number of hydrogen-bond acceptors (Lipinski definition) is 1. The van der Waals surface area contributed by atoms with Crippen LogP contribution >= 0.6 is 27.3 Å². The van der Waals surface area contributed by atoms with Gasteiger partial charge in [-0.1, -0.05) is 82.7 Å². The monoisotopic (exact) mass is 501 g/mol. The molecule has 6 aromatic carbocycles. The zero-order chi connectivity index (χ0) is 21.7. The molecule has 1 nitrogen and oxygen atoms in total. The van der Waals surface area contributed by atoms with Crippen molar-refractivity contribution in [1.29, 1.82) is 0 Å². The molecule has 2 aromatic heterocycles. The third kappa shape index (κ3) is 2.21. The largest absolute Gasteiger partial charge is 0.308 e. The van der Waals surface area contributed by atoms with Crippen molar-refractivity contribution in [3.63, 3.8) is 0 Å². The molecule has 0 atom stereocenters. The van der Waals surface area contributed by atoms with Gasteiger partial charge in [0.05, 0.1) is 21.4 Å². The van der Waals surface area contributed by atoms with Crippen molar-refractivity contribution in [2.24, 2.45) is 0 Å².